The monoisotopic (exact) mass is 427 g/mol. The zero-order valence-corrected chi connectivity index (χ0v) is 16.5. The smallest absolute Gasteiger partial charge is 0.338 e. The molecule has 3 aromatic rings. The molecule has 0 saturated carbocycles. The van der Waals surface area contributed by atoms with Gasteiger partial charge < -0.3 is 9.64 Å². The van der Waals surface area contributed by atoms with Crippen LogP contribution in [0.2, 0.25) is 0 Å². The van der Waals surface area contributed by atoms with E-state index >= 15 is 0 Å². The molecule has 0 aliphatic carbocycles. The first-order valence-electron chi connectivity index (χ1n) is 8.30. The SMILES string of the molecule is CC(OC(=O)c1cccc(-n2cc(Br)cn2)c1)C(=O)N(C)c1ccccc1. The first kappa shape index (κ1) is 18.8. The topological polar surface area (TPSA) is 64.4 Å². The van der Waals surface area contributed by atoms with Crippen LogP contribution >= 0.6 is 15.9 Å². The quantitative estimate of drug-likeness (QED) is 0.580. The lowest BCUT2D eigenvalue weighted by Gasteiger charge is -2.21. The van der Waals surface area contributed by atoms with Gasteiger partial charge in [0.25, 0.3) is 5.91 Å². The van der Waals surface area contributed by atoms with Gasteiger partial charge in [0.1, 0.15) is 0 Å². The van der Waals surface area contributed by atoms with Crippen molar-refractivity contribution < 1.29 is 14.3 Å². The van der Waals surface area contributed by atoms with Crippen LogP contribution < -0.4 is 4.90 Å². The minimum absolute atomic E-state index is 0.304. The second-order valence-corrected chi connectivity index (χ2v) is 6.85. The summed E-state index contributed by atoms with van der Waals surface area (Å²) < 4.78 is 7.84. The van der Waals surface area contributed by atoms with Crippen molar-refractivity contribution >= 4 is 33.5 Å². The molecule has 6 nitrogen and oxygen atoms in total. The van der Waals surface area contributed by atoms with E-state index in [1.165, 1.54) is 4.90 Å². The summed E-state index contributed by atoms with van der Waals surface area (Å²) in [6.45, 7) is 1.56. The van der Waals surface area contributed by atoms with Crippen LogP contribution in [0.3, 0.4) is 0 Å². The summed E-state index contributed by atoms with van der Waals surface area (Å²) >= 11 is 3.34. The minimum Gasteiger partial charge on any atom is -0.449 e. The molecule has 1 amide bonds. The summed E-state index contributed by atoms with van der Waals surface area (Å²) in [5.74, 6) is -0.868. The van der Waals surface area contributed by atoms with E-state index in [1.807, 2.05) is 36.4 Å². The normalized spacial score (nSPS) is 11.7. The summed E-state index contributed by atoms with van der Waals surface area (Å²) in [6, 6.07) is 16.1. The molecule has 0 radical (unpaired) electrons. The average molecular weight is 428 g/mol. The highest BCUT2D eigenvalue weighted by atomic mass is 79.9. The molecule has 1 aromatic heterocycles. The summed E-state index contributed by atoms with van der Waals surface area (Å²) in [5, 5.41) is 4.19. The average Bonchev–Trinajstić information content (AvgIpc) is 3.14. The van der Waals surface area contributed by atoms with Crippen molar-refractivity contribution in [3.63, 3.8) is 0 Å². The second-order valence-electron chi connectivity index (χ2n) is 5.93. The summed E-state index contributed by atoms with van der Waals surface area (Å²) in [4.78, 5) is 26.5. The molecule has 0 fully saturated rings. The van der Waals surface area contributed by atoms with Gasteiger partial charge in [-0.15, -0.1) is 0 Å². The Hall–Kier alpha value is -2.93. The predicted molar refractivity (Wildman–Crippen MR) is 106 cm³/mol. The van der Waals surface area contributed by atoms with Gasteiger partial charge in [0.15, 0.2) is 6.10 Å². The van der Waals surface area contributed by atoms with Gasteiger partial charge in [0.2, 0.25) is 0 Å². The maximum Gasteiger partial charge on any atom is 0.338 e. The van der Waals surface area contributed by atoms with E-state index in [9.17, 15) is 9.59 Å². The Balaban J connectivity index is 1.70. The molecule has 138 valence electrons. The molecule has 1 unspecified atom stereocenters. The number of halogens is 1. The largest absolute Gasteiger partial charge is 0.449 e. The standard InChI is InChI=1S/C20H18BrN3O3/c1-14(19(25)23(2)17-8-4-3-5-9-17)27-20(26)15-7-6-10-18(11-15)24-13-16(21)12-22-24/h3-14H,1-2H3. The minimum atomic E-state index is -0.912. The van der Waals surface area contributed by atoms with Gasteiger partial charge in [-0.05, 0) is 53.2 Å². The van der Waals surface area contributed by atoms with E-state index < -0.39 is 12.1 Å². The molecule has 7 heteroatoms. The van der Waals surface area contributed by atoms with E-state index in [2.05, 4.69) is 21.0 Å². The number of carbonyl (C=O) groups is 2. The fraction of sp³-hybridized carbons (Fsp3) is 0.150. The van der Waals surface area contributed by atoms with Gasteiger partial charge in [0.05, 0.1) is 21.9 Å². The van der Waals surface area contributed by atoms with Gasteiger partial charge in [-0.3, -0.25) is 4.79 Å². The highest BCUT2D eigenvalue weighted by Gasteiger charge is 2.23. The number of hydrogen-bond donors (Lipinski definition) is 0. The number of amides is 1. The van der Waals surface area contributed by atoms with Crippen LogP contribution in [0.4, 0.5) is 5.69 Å². The van der Waals surface area contributed by atoms with Gasteiger partial charge in [-0.25, -0.2) is 9.48 Å². The first-order chi connectivity index (χ1) is 13.0. The number of esters is 1. The molecule has 27 heavy (non-hydrogen) atoms. The number of hydrogen-bond acceptors (Lipinski definition) is 4. The van der Waals surface area contributed by atoms with Gasteiger partial charge in [-0.2, -0.15) is 5.10 Å². The third-order valence-corrected chi connectivity index (χ3v) is 4.41. The predicted octanol–water partition coefficient (Wildman–Crippen LogP) is 3.84. The summed E-state index contributed by atoms with van der Waals surface area (Å²) in [7, 11) is 1.65. The number of likely N-dealkylation sites (N-methyl/N-ethyl adjacent to an activating group) is 1. The highest BCUT2D eigenvalue weighted by molar-refractivity contribution is 9.10. The molecule has 0 spiro atoms. The van der Waals surface area contributed by atoms with E-state index in [4.69, 9.17) is 4.74 Å². The Morgan fingerprint density at radius 3 is 2.56 bits per heavy atom. The van der Waals surface area contributed by atoms with Crippen molar-refractivity contribution in [2.75, 3.05) is 11.9 Å². The lowest BCUT2D eigenvalue weighted by Crippen LogP contribution is -2.37. The van der Waals surface area contributed by atoms with Crippen LogP contribution in [0.15, 0.2) is 71.5 Å². The molecule has 0 aliphatic heterocycles. The zero-order valence-electron chi connectivity index (χ0n) is 14.9. The lowest BCUT2D eigenvalue weighted by molar-refractivity contribution is -0.126. The van der Waals surface area contributed by atoms with Crippen molar-refractivity contribution in [2.45, 2.75) is 13.0 Å². The molecular weight excluding hydrogens is 410 g/mol. The highest BCUT2D eigenvalue weighted by Crippen LogP contribution is 2.16. The maximum absolute atomic E-state index is 12.5. The number of aromatic nitrogens is 2. The number of para-hydroxylation sites is 1. The van der Waals surface area contributed by atoms with Crippen LogP contribution in [-0.2, 0) is 9.53 Å². The molecule has 0 aliphatic rings. The Bertz CT molecular complexity index is 956. The van der Waals surface area contributed by atoms with Crippen LogP contribution in [0.5, 0.6) is 0 Å². The van der Waals surface area contributed by atoms with E-state index in [0.29, 0.717) is 5.56 Å². The number of carbonyl (C=O) groups excluding carboxylic acids is 2. The van der Waals surface area contributed by atoms with Crippen LogP contribution in [-0.4, -0.2) is 34.8 Å². The van der Waals surface area contributed by atoms with Crippen LogP contribution in [0.25, 0.3) is 5.69 Å². The first-order valence-corrected chi connectivity index (χ1v) is 9.09. The van der Waals surface area contributed by atoms with E-state index in [1.54, 1.807) is 49.2 Å². The third-order valence-electron chi connectivity index (χ3n) is 4.00. The Kier molecular flexibility index (Phi) is 5.71. The number of ether oxygens (including phenoxy) is 1. The van der Waals surface area contributed by atoms with Gasteiger partial charge in [-0.1, -0.05) is 24.3 Å². The molecule has 2 aromatic carbocycles. The molecule has 0 N–H and O–H groups in total. The van der Waals surface area contributed by atoms with Crippen molar-refractivity contribution in [3.8, 4) is 5.69 Å². The maximum atomic E-state index is 12.5. The molecule has 1 heterocycles. The van der Waals surface area contributed by atoms with Crippen LogP contribution in [0.1, 0.15) is 17.3 Å². The zero-order chi connectivity index (χ0) is 19.4. The number of anilines is 1. The van der Waals surface area contributed by atoms with Gasteiger partial charge in [0, 0.05) is 18.9 Å². The van der Waals surface area contributed by atoms with Crippen molar-refractivity contribution in [2.24, 2.45) is 0 Å². The van der Waals surface area contributed by atoms with E-state index in [0.717, 1.165) is 15.8 Å². The lowest BCUT2D eigenvalue weighted by atomic mass is 10.2. The Morgan fingerprint density at radius 2 is 1.89 bits per heavy atom. The van der Waals surface area contributed by atoms with Crippen molar-refractivity contribution in [1.82, 2.24) is 9.78 Å². The Labute approximate surface area is 165 Å². The van der Waals surface area contributed by atoms with E-state index in [-0.39, 0.29) is 5.91 Å². The molecule has 3 rings (SSSR count). The fourth-order valence-electron chi connectivity index (χ4n) is 2.55. The number of rotatable bonds is 5. The molecule has 1 atom stereocenters. The fourth-order valence-corrected chi connectivity index (χ4v) is 2.83. The van der Waals surface area contributed by atoms with Gasteiger partial charge >= 0.3 is 5.97 Å². The molecular formula is C20H18BrN3O3. The summed E-state index contributed by atoms with van der Waals surface area (Å²) in [6.07, 6.45) is 2.53. The number of benzene rings is 2. The Morgan fingerprint density at radius 1 is 1.15 bits per heavy atom. The molecule has 0 bridgehead atoms. The number of nitrogens with zero attached hydrogens (tertiary/aromatic N) is 3. The molecule has 0 saturated heterocycles. The second kappa shape index (κ2) is 8.18. The third kappa shape index (κ3) is 4.43. The van der Waals surface area contributed by atoms with Crippen molar-refractivity contribution in [1.29, 1.82) is 0 Å². The van der Waals surface area contributed by atoms with Crippen molar-refractivity contribution in [3.05, 3.63) is 77.0 Å². The summed E-state index contributed by atoms with van der Waals surface area (Å²) in [5.41, 5.74) is 1.80. The van der Waals surface area contributed by atoms with Crippen LogP contribution in [0, 0.1) is 0 Å².